The second-order valence-corrected chi connectivity index (χ2v) is 9.98. The van der Waals surface area contributed by atoms with E-state index in [1.54, 1.807) is 30.0 Å². The topological polar surface area (TPSA) is 65.4 Å². The molecule has 0 radical (unpaired) electrons. The molecule has 204 valence electrons. The van der Waals surface area contributed by atoms with Crippen molar-refractivity contribution in [3.63, 3.8) is 0 Å². The number of hydrogen-bond acceptors (Lipinski definition) is 3. The number of halogens is 5. The molecule has 1 aliphatic carbocycles. The van der Waals surface area contributed by atoms with E-state index in [-0.39, 0.29) is 47.0 Å². The predicted molar refractivity (Wildman–Crippen MR) is 135 cm³/mol. The highest BCUT2D eigenvalue weighted by atomic mass is 19.4. The second kappa shape index (κ2) is 10.3. The lowest BCUT2D eigenvalue weighted by Crippen LogP contribution is -2.30. The van der Waals surface area contributed by atoms with Gasteiger partial charge in [-0.2, -0.15) is 13.2 Å². The van der Waals surface area contributed by atoms with Crippen molar-refractivity contribution in [3.8, 4) is 11.1 Å². The van der Waals surface area contributed by atoms with E-state index in [0.717, 1.165) is 30.5 Å². The van der Waals surface area contributed by atoms with Crippen LogP contribution in [-0.4, -0.2) is 30.0 Å². The summed E-state index contributed by atoms with van der Waals surface area (Å²) in [5, 5.41) is 10.9. The number of nitrogens with zero attached hydrogens (tertiary/aromatic N) is 1. The van der Waals surface area contributed by atoms with Crippen molar-refractivity contribution < 1.29 is 31.5 Å². The van der Waals surface area contributed by atoms with E-state index < -0.39 is 23.5 Å². The number of benzene rings is 3. The average Bonchev–Trinajstić information content (AvgIpc) is 3.65. The van der Waals surface area contributed by atoms with E-state index in [1.807, 2.05) is 0 Å². The van der Waals surface area contributed by atoms with Crippen LogP contribution >= 0.6 is 0 Å². The van der Waals surface area contributed by atoms with Crippen LogP contribution in [0.25, 0.3) is 11.1 Å². The van der Waals surface area contributed by atoms with Crippen molar-refractivity contribution in [1.29, 1.82) is 5.41 Å². The van der Waals surface area contributed by atoms with E-state index in [4.69, 9.17) is 10.1 Å². The van der Waals surface area contributed by atoms with Crippen molar-refractivity contribution in [1.82, 2.24) is 10.2 Å². The molecule has 0 bridgehead atoms. The smallest absolute Gasteiger partial charge is 0.417 e. The lowest BCUT2D eigenvalue weighted by molar-refractivity contribution is -0.137. The number of carbonyl (C=O) groups excluding carboxylic acids is 1. The van der Waals surface area contributed by atoms with Crippen LogP contribution in [0.5, 0.6) is 0 Å². The summed E-state index contributed by atoms with van der Waals surface area (Å²) in [5.74, 6) is -1.71. The molecule has 1 atom stereocenters. The Morgan fingerprint density at radius 2 is 1.87 bits per heavy atom. The molecule has 0 aromatic heterocycles. The number of rotatable bonds is 7. The van der Waals surface area contributed by atoms with Crippen molar-refractivity contribution >= 4 is 11.9 Å². The number of carbonyl (C=O) groups is 1. The van der Waals surface area contributed by atoms with Gasteiger partial charge < -0.3 is 15.0 Å². The number of aryl methyl sites for hydroxylation is 1. The van der Waals surface area contributed by atoms with Gasteiger partial charge in [-0.05, 0) is 89.9 Å². The molecule has 39 heavy (non-hydrogen) atoms. The molecule has 1 amide bonds. The standard InChI is InChI=1S/C29H26F5N3O2/c1-16-10-19(4-7-25(16)31)26(18-2-3-18)36-27(38)21-12-17(15-37-8-9-39-28(37)35)11-20(13-21)23-6-5-22(30)14-24(23)29(32,33)34/h4-7,10-14,18,26,35H,2-3,8-9,15H2,1H3,(H,36,38). The van der Waals surface area contributed by atoms with Crippen LogP contribution in [0.2, 0.25) is 0 Å². The van der Waals surface area contributed by atoms with Crippen LogP contribution < -0.4 is 5.32 Å². The fraction of sp³-hybridized carbons (Fsp3) is 0.310. The molecule has 5 rings (SSSR count). The maximum absolute atomic E-state index is 13.9. The van der Waals surface area contributed by atoms with Gasteiger partial charge in [0.05, 0.1) is 18.2 Å². The fourth-order valence-electron chi connectivity index (χ4n) is 4.88. The summed E-state index contributed by atoms with van der Waals surface area (Å²) in [4.78, 5) is 15.1. The van der Waals surface area contributed by atoms with E-state index in [9.17, 15) is 26.7 Å². The number of amides is 1. The van der Waals surface area contributed by atoms with Crippen molar-refractivity contribution in [3.05, 3.63) is 94.0 Å². The first-order valence-corrected chi connectivity index (χ1v) is 12.5. The number of nitrogens with one attached hydrogen (secondary N) is 2. The molecule has 1 heterocycles. The van der Waals surface area contributed by atoms with Gasteiger partial charge in [0, 0.05) is 12.1 Å². The monoisotopic (exact) mass is 543 g/mol. The summed E-state index contributed by atoms with van der Waals surface area (Å²) >= 11 is 0. The lowest BCUT2D eigenvalue weighted by atomic mass is 9.94. The summed E-state index contributed by atoms with van der Waals surface area (Å²) < 4.78 is 74.4. The highest BCUT2D eigenvalue weighted by molar-refractivity contribution is 5.96. The molecule has 1 aliphatic heterocycles. The molecular formula is C29H26F5N3O2. The second-order valence-electron chi connectivity index (χ2n) is 9.98. The molecule has 1 saturated heterocycles. The predicted octanol–water partition coefficient (Wildman–Crippen LogP) is 6.61. The first-order chi connectivity index (χ1) is 18.5. The minimum Gasteiger partial charge on any atom is -0.463 e. The molecule has 10 heteroatoms. The maximum Gasteiger partial charge on any atom is 0.417 e. The number of alkyl halides is 3. The van der Waals surface area contributed by atoms with E-state index in [2.05, 4.69) is 5.32 Å². The van der Waals surface area contributed by atoms with Gasteiger partial charge >= 0.3 is 6.18 Å². The molecular weight excluding hydrogens is 517 g/mol. The molecule has 2 N–H and O–H groups in total. The first-order valence-electron chi connectivity index (χ1n) is 12.5. The minimum atomic E-state index is -4.82. The zero-order chi connectivity index (χ0) is 27.9. The van der Waals surface area contributed by atoms with Crippen LogP contribution in [0.1, 0.15) is 51.5 Å². The largest absolute Gasteiger partial charge is 0.463 e. The molecule has 1 unspecified atom stereocenters. The van der Waals surface area contributed by atoms with Crippen molar-refractivity contribution in [2.75, 3.05) is 13.2 Å². The highest BCUT2D eigenvalue weighted by Crippen LogP contribution is 2.42. The van der Waals surface area contributed by atoms with Crippen molar-refractivity contribution in [2.24, 2.45) is 5.92 Å². The summed E-state index contributed by atoms with van der Waals surface area (Å²) in [7, 11) is 0. The van der Waals surface area contributed by atoms with Gasteiger partial charge in [0.25, 0.3) is 11.9 Å². The van der Waals surface area contributed by atoms with Crippen LogP contribution in [0, 0.1) is 29.9 Å². The number of hydrogen-bond donors (Lipinski definition) is 2. The Bertz CT molecular complexity index is 1430. The molecule has 3 aromatic carbocycles. The number of amidine groups is 1. The zero-order valence-corrected chi connectivity index (χ0v) is 21.0. The van der Waals surface area contributed by atoms with Gasteiger partial charge in [-0.15, -0.1) is 0 Å². The van der Waals surface area contributed by atoms with Crippen LogP contribution in [0.4, 0.5) is 22.0 Å². The molecule has 2 aliphatic rings. The molecule has 5 nitrogen and oxygen atoms in total. The third-order valence-electron chi connectivity index (χ3n) is 7.03. The first kappa shape index (κ1) is 26.6. The number of ether oxygens (including phenoxy) is 1. The van der Waals surface area contributed by atoms with Crippen molar-refractivity contribution in [2.45, 2.75) is 38.5 Å². The Hall–Kier alpha value is -3.95. The minimum absolute atomic E-state index is 0.0651. The molecule has 1 saturated carbocycles. The van der Waals surface area contributed by atoms with Gasteiger partial charge in [0.1, 0.15) is 18.2 Å². The highest BCUT2D eigenvalue weighted by Gasteiger charge is 2.36. The Balaban J connectivity index is 1.54. The summed E-state index contributed by atoms with van der Waals surface area (Å²) in [5.41, 5.74) is 0.491. The Morgan fingerprint density at radius 1 is 1.10 bits per heavy atom. The van der Waals surface area contributed by atoms with Gasteiger partial charge in [0.2, 0.25) is 0 Å². The maximum atomic E-state index is 13.9. The summed E-state index contributed by atoms with van der Waals surface area (Å²) in [6.07, 6.45) is -3.05. The van der Waals surface area contributed by atoms with E-state index in [0.29, 0.717) is 30.3 Å². The van der Waals surface area contributed by atoms with Gasteiger partial charge in [0.15, 0.2) is 0 Å². The van der Waals surface area contributed by atoms with Crippen LogP contribution in [0.15, 0.2) is 54.6 Å². The average molecular weight is 544 g/mol. The van der Waals surface area contributed by atoms with E-state index in [1.165, 1.54) is 18.2 Å². The SMILES string of the molecule is Cc1cc(C(NC(=O)c2cc(CN3CCOC3=N)cc(-c3ccc(F)cc3C(F)(F)F)c2)C2CC2)ccc1F. The molecule has 3 aromatic rings. The Labute approximate surface area is 222 Å². The fourth-order valence-corrected chi connectivity index (χ4v) is 4.88. The zero-order valence-electron chi connectivity index (χ0n) is 21.0. The quantitative estimate of drug-likeness (QED) is 0.330. The summed E-state index contributed by atoms with van der Waals surface area (Å²) in [6.45, 7) is 2.50. The van der Waals surface area contributed by atoms with Crippen LogP contribution in [0.3, 0.4) is 0 Å². The van der Waals surface area contributed by atoms with Gasteiger partial charge in [-0.3, -0.25) is 10.2 Å². The lowest BCUT2D eigenvalue weighted by Gasteiger charge is -2.21. The van der Waals surface area contributed by atoms with Gasteiger partial charge in [-0.25, -0.2) is 8.78 Å². The summed E-state index contributed by atoms with van der Waals surface area (Å²) in [6, 6.07) is 11.1. The normalized spacial score (nSPS) is 16.3. The molecule has 0 spiro atoms. The Morgan fingerprint density at radius 3 is 2.51 bits per heavy atom. The van der Waals surface area contributed by atoms with Crippen LogP contribution in [-0.2, 0) is 17.5 Å². The third kappa shape index (κ3) is 5.89. The van der Waals surface area contributed by atoms with E-state index >= 15 is 0 Å². The van der Waals surface area contributed by atoms with Gasteiger partial charge in [-0.1, -0.05) is 18.2 Å². The Kier molecular flexibility index (Phi) is 7.05. The molecule has 2 fully saturated rings. The third-order valence-corrected chi connectivity index (χ3v) is 7.03.